The fourth-order valence-corrected chi connectivity index (χ4v) is 3.66. The molecule has 0 saturated heterocycles. The summed E-state index contributed by atoms with van der Waals surface area (Å²) < 4.78 is 1.71. The van der Waals surface area contributed by atoms with Crippen molar-refractivity contribution in [2.45, 2.75) is 34.1 Å². The van der Waals surface area contributed by atoms with Gasteiger partial charge in [0.05, 0.1) is 6.42 Å². The molecule has 2 heterocycles. The van der Waals surface area contributed by atoms with Crippen LogP contribution in [0, 0.1) is 27.7 Å². The number of carbonyl (C=O) groups excluding carboxylic acids is 1. The summed E-state index contributed by atoms with van der Waals surface area (Å²) in [4.78, 5) is 21.9. The molecular weight excluding hydrogens is 398 g/mol. The van der Waals surface area contributed by atoms with Crippen LogP contribution in [0.25, 0.3) is 17.2 Å². The van der Waals surface area contributed by atoms with Gasteiger partial charge in [-0.3, -0.25) is 4.79 Å². The molecular formula is C23H22ClN5O. The van der Waals surface area contributed by atoms with Crippen LogP contribution in [0.15, 0.2) is 42.5 Å². The number of hydrogen-bond donors (Lipinski definition) is 1. The molecule has 0 radical (unpaired) electrons. The predicted octanol–water partition coefficient (Wildman–Crippen LogP) is 4.86. The van der Waals surface area contributed by atoms with E-state index in [4.69, 9.17) is 11.6 Å². The molecule has 0 aliphatic rings. The van der Waals surface area contributed by atoms with E-state index < -0.39 is 0 Å². The number of anilines is 1. The van der Waals surface area contributed by atoms with Gasteiger partial charge in [0.2, 0.25) is 5.91 Å². The monoisotopic (exact) mass is 419 g/mol. The van der Waals surface area contributed by atoms with Gasteiger partial charge in [0.1, 0.15) is 0 Å². The van der Waals surface area contributed by atoms with Crippen molar-refractivity contribution in [1.29, 1.82) is 0 Å². The normalized spacial score (nSPS) is 11.1. The highest BCUT2D eigenvalue weighted by Crippen LogP contribution is 2.23. The van der Waals surface area contributed by atoms with Crippen molar-refractivity contribution in [1.82, 2.24) is 19.6 Å². The minimum absolute atomic E-state index is 0.132. The predicted molar refractivity (Wildman–Crippen MR) is 119 cm³/mol. The van der Waals surface area contributed by atoms with Gasteiger partial charge in [-0.05, 0) is 51.0 Å². The summed E-state index contributed by atoms with van der Waals surface area (Å²) >= 11 is 6.06. The number of benzene rings is 2. The molecule has 7 heteroatoms. The zero-order valence-electron chi connectivity index (χ0n) is 17.3. The number of nitrogens with one attached hydrogen (secondary N) is 1. The summed E-state index contributed by atoms with van der Waals surface area (Å²) in [6, 6.07) is 13.4. The van der Waals surface area contributed by atoms with Crippen molar-refractivity contribution in [2.24, 2.45) is 0 Å². The number of amides is 1. The molecule has 0 aliphatic heterocycles. The van der Waals surface area contributed by atoms with Gasteiger partial charge in [0, 0.05) is 33.2 Å². The summed E-state index contributed by atoms with van der Waals surface area (Å²) in [7, 11) is 0. The van der Waals surface area contributed by atoms with Gasteiger partial charge in [-0.25, -0.2) is 9.50 Å². The molecule has 4 aromatic rings. The third kappa shape index (κ3) is 3.78. The standard InChI is InChI=1S/C23H22ClN5O/c1-13-7-5-6-8-18(13)22-27-23-25-15(3)19(16(4)29(23)28-22)12-21(30)26-20-11-17(24)10-9-14(20)2/h5-11H,12H2,1-4H3,(H,26,30). The van der Waals surface area contributed by atoms with E-state index in [-0.39, 0.29) is 12.3 Å². The number of aryl methyl sites for hydroxylation is 4. The summed E-state index contributed by atoms with van der Waals surface area (Å²) in [6.45, 7) is 7.78. The van der Waals surface area contributed by atoms with Gasteiger partial charge >= 0.3 is 0 Å². The Balaban J connectivity index is 1.67. The zero-order valence-corrected chi connectivity index (χ0v) is 18.1. The molecule has 6 nitrogen and oxygen atoms in total. The van der Waals surface area contributed by atoms with E-state index in [9.17, 15) is 4.79 Å². The molecule has 4 rings (SSSR count). The molecule has 30 heavy (non-hydrogen) atoms. The first-order chi connectivity index (χ1) is 14.3. The highest BCUT2D eigenvalue weighted by molar-refractivity contribution is 6.31. The average molecular weight is 420 g/mol. The Kier molecular flexibility index (Phi) is 5.26. The lowest BCUT2D eigenvalue weighted by atomic mass is 10.1. The molecule has 1 N–H and O–H groups in total. The van der Waals surface area contributed by atoms with Crippen LogP contribution < -0.4 is 5.32 Å². The summed E-state index contributed by atoms with van der Waals surface area (Å²) in [5, 5.41) is 8.18. The average Bonchev–Trinajstić information content (AvgIpc) is 3.12. The van der Waals surface area contributed by atoms with Gasteiger partial charge < -0.3 is 5.32 Å². The van der Waals surface area contributed by atoms with E-state index in [1.807, 2.05) is 58.0 Å². The lowest BCUT2D eigenvalue weighted by Gasteiger charge is -2.12. The molecule has 0 unspecified atom stereocenters. The van der Waals surface area contributed by atoms with E-state index in [0.29, 0.717) is 22.3 Å². The van der Waals surface area contributed by atoms with E-state index in [1.54, 1.807) is 16.6 Å². The number of fused-ring (bicyclic) bond motifs is 1. The van der Waals surface area contributed by atoms with Gasteiger partial charge in [0.25, 0.3) is 5.78 Å². The van der Waals surface area contributed by atoms with Gasteiger partial charge in [0.15, 0.2) is 5.82 Å². The first-order valence-corrected chi connectivity index (χ1v) is 10.1. The number of nitrogens with zero attached hydrogens (tertiary/aromatic N) is 4. The molecule has 0 fully saturated rings. The second-order valence-electron chi connectivity index (χ2n) is 7.41. The summed E-state index contributed by atoms with van der Waals surface area (Å²) in [5.41, 5.74) is 6.17. The highest BCUT2D eigenvalue weighted by atomic mass is 35.5. The van der Waals surface area contributed by atoms with E-state index in [1.165, 1.54) is 0 Å². The Morgan fingerprint density at radius 2 is 1.80 bits per heavy atom. The number of hydrogen-bond acceptors (Lipinski definition) is 4. The maximum absolute atomic E-state index is 12.7. The van der Waals surface area contributed by atoms with Gasteiger partial charge in [-0.1, -0.05) is 41.9 Å². The van der Waals surface area contributed by atoms with Crippen LogP contribution in [0.1, 0.15) is 28.1 Å². The maximum Gasteiger partial charge on any atom is 0.253 e. The SMILES string of the molecule is Cc1ccc(Cl)cc1NC(=O)Cc1c(C)nc2nc(-c3ccccc3C)nn2c1C. The van der Waals surface area contributed by atoms with Crippen molar-refractivity contribution < 1.29 is 4.79 Å². The lowest BCUT2D eigenvalue weighted by Crippen LogP contribution is -2.18. The van der Waals surface area contributed by atoms with Crippen LogP contribution in [-0.4, -0.2) is 25.5 Å². The molecule has 0 aliphatic carbocycles. The minimum atomic E-state index is -0.132. The molecule has 152 valence electrons. The second kappa shape index (κ2) is 7.88. The van der Waals surface area contributed by atoms with Gasteiger partial charge in [-0.15, -0.1) is 5.10 Å². The van der Waals surface area contributed by atoms with E-state index in [0.717, 1.165) is 33.6 Å². The minimum Gasteiger partial charge on any atom is -0.326 e. The van der Waals surface area contributed by atoms with Crippen LogP contribution in [0.4, 0.5) is 5.69 Å². The fraction of sp³-hybridized carbons (Fsp3) is 0.217. The highest BCUT2D eigenvalue weighted by Gasteiger charge is 2.17. The lowest BCUT2D eigenvalue weighted by molar-refractivity contribution is -0.115. The smallest absolute Gasteiger partial charge is 0.253 e. The van der Waals surface area contributed by atoms with Crippen molar-refractivity contribution in [3.05, 3.63) is 75.6 Å². The van der Waals surface area contributed by atoms with E-state index in [2.05, 4.69) is 20.4 Å². The number of aromatic nitrogens is 4. The molecule has 0 saturated carbocycles. The third-order valence-corrected chi connectivity index (χ3v) is 5.48. The quantitative estimate of drug-likeness (QED) is 0.512. The molecule has 2 aromatic heterocycles. The Bertz CT molecular complexity index is 1280. The third-order valence-electron chi connectivity index (χ3n) is 5.25. The Morgan fingerprint density at radius 3 is 2.57 bits per heavy atom. The number of rotatable bonds is 4. The zero-order chi connectivity index (χ0) is 21.4. The van der Waals surface area contributed by atoms with Crippen LogP contribution in [0.2, 0.25) is 5.02 Å². The fourth-order valence-electron chi connectivity index (χ4n) is 3.49. The number of carbonyl (C=O) groups is 1. The topological polar surface area (TPSA) is 72.2 Å². The molecule has 0 atom stereocenters. The summed E-state index contributed by atoms with van der Waals surface area (Å²) in [6.07, 6.45) is 0.187. The van der Waals surface area contributed by atoms with Crippen LogP contribution >= 0.6 is 11.6 Å². The largest absolute Gasteiger partial charge is 0.326 e. The first-order valence-electron chi connectivity index (χ1n) is 9.68. The van der Waals surface area contributed by atoms with E-state index >= 15 is 0 Å². The molecule has 1 amide bonds. The Labute approximate surface area is 179 Å². The Hall–Kier alpha value is -3.25. The van der Waals surface area contributed by atoms with Crippen molar-refractivity contribution in [3.63, 3.8) is 0 Å². The van der Waals surface area contributed by atoms with Crippen LogP contribution in [0.3, 0.4) is 0 Å². The van der Waals surface area contributed by atoms with Crippen molar-refractivity contribution in [3.8, 4) is 11.4 Å². The van der Waals surface area contributed by atoms with Gasteiger partial charge in [-0.2, -0.15) is 4.98 Å². The first kappa shape index (κ1) is 20.0. The molecule has 0 bridgehead atoms. The number of halogens is 1. The molecule has 2 aromatic carbocycles. The van der Waals surface area contributed by atoms with Crippen LogP contribution in [-0.2, 0) is 11.2 Å². The maximum atomic E-state index is 12.7. The second-order valence-corrected chi connectivity index (χ2v) is 7.84. The summed E-state index contributed by atoms with van der Waals surface area (Å²) in [5.74, 6) is 1.02. The Morgan fingerprint density at radius 1 is 1.03 bits per heavy atom. The van der Waals surface area contributed by atoms with Crippen molar-refractivity contribution in [2.75, 3.05) is 5.32 Å². The van der Waals surface area contributed by atoms with Crippen molar-refractivity contribution >= 4 is 29.0 Å². The van der Waals surface area contributed by atoms with Crippen LogP contribution in [0.5, 0.6) is 0 Å². The molecule has 0 spiro atoms.